The highest BCUT2D eigenvalue weighted by atomic mass is 35.5. The highest BCUT2D eigenvalue weighted by molar-refractivity contribution is 7.18. The van der Waals surface area contributed by atoms with Crippen molar-refractivity contribution in [3.8, 4) is 10.6 Å². The smallest absolute Gasteiger partial charge is 0.250 e. The number of hydrogen-bond donors (Lipinski definition) is 1. The van der Waals surface area contributed by atoms with Crippen LogP contribution >= 0.6 is 22.9 Å². The first-order valence-corrected chi connectivity index (χ1v) is 8.14. The van der Waals surface area contributed by atoms with Gasteiger partial charge in [-0.05, 0) is 35.9 Å². The second-order valence-electron chi connectivity index (χ2n) is 4.79. The number of halogens is 2. The normalized spacial score (nSPS) is 10.9. The van der Waals surface area contributed by atoms with Crippen molar-refractivity contribution < 1.29 is 9.18 Å². The number of benzene rings is 2. The van der Waals surface area contributed by atoms with E-state index in [1.165, 1.54) is 29.5 Å². The van der Waals surface area contributed by atoms with E-state index in [1.54, 1.807) is 30.3 Å². The molecule has 0 saturated carbocycles. The van der Waals surface area contributed by atoms with E-state index in [0.29, 0.717) is 15.2 Å². The summed E-state index contributed by atoms with van der Waals surface area (Å²) < 4.78 is 12.8. The molecule has 0 fully saturated rings. The lowest BCUT2D eigenvalue weighted by atomic mass is 10.2. The monoisotopic (exact) mass is 359 g/mol. The maximum atomic E-state index is 12.8. The topological polar surface area (TPSA) is 54.9 Å². The third-order valence-corrected chi connectivity index (χ3v) is 4.18. The molecule has 0 saturated heterocycles. The summed E-state index contributed by atoms with van der Waals surface area (Å²) in [6.45, 7) is 0. The van der Waals surface area contributed by atoms with Gasteiger partial charge in [-0.3, -0.25) is 10.1 Å². The van der Waals surface area contributed by atoms with Crippen molar-refractivity contribution in [3.63, 3.8) is 0 Å². The summed E-state index contributed by atoms with van der Waals surface area (Å²) in [5, 5.41) is 12.4. The van der Waals surface area contributed by atoms with E-state index in [-0.39, 0.29) is 11.7 Å². The quantitative estimate of drug-likeness (QED) is 0.690. The van der Waals surface area contributed by atoms with Crippen molar-refractivity contribution in [2.24, 2.45) is 0 Å². The van der Waals surface area contributed by atoms with Gasteiger partial charge < -0.3 is 0 Å². The maximum Gasteiger partial charge on any atom is 0.250 e. The van der Waals surface area contributed by atoms with Crippen LogP contribution in [0, 0.1) is 5.82 Å². The highest BCUT2D eigenvalue weighted by Gasteiger charge is 2.08. The molecule has 0 aliphatic rings. The molecule has 3 rings (SSSR count). The van der Waals surface area contributed by atoms with Gasteiger partial charge >= 0.3 is 0 Å². The van der Waals surface area contributed by atoms with Gasteiger partial charge in [-0.2, -0.15) is 0 Å². The summed E-state index contributed by atoms with van der Waals surface area (Å²) in [6, 6.07) is 13.0. The zero-order valence-electron chi connectivity index (χ0n) is 12.2. The fraction of sp³-hybridized carbons (Fsp3) is 0. The number of nitrogens with zero attached hydrogens (tertiary/aromatic N) is 2. The zero-order valence-corrected chi connectivity index (χ0v) is 13.8. The Labute approximate surface area is 146 Å². The molecule has 1 N–H and O–H groups in total. The van der Waals surface area contributed by atoms with Crippen molar-refractivity contribution in [1.82, 2.24) is 10.2 Å². The molecule has 0 aliphatic carbocycles. The van der Waals surface area contributed by atoms with Crippen LogP contribution in [0.1, 0.15) is 5.56 Å². The first kappa shape index (κ1) is 16.3. The number of amides is 1. The summed E-state index contributed by atoms with van der Waals surface area (Å²) in [7, 11) is 0. The standard InChI is InChI=1S/C17H11ClFN3OS/c18-13-6-4-12(5-7-13)16-21-22-17(24-16)20-15(23)10-3-11-1-8-14(19)9-2-11/h1-10H,(H,20,22,23)/b10-3+. The number of anilines is 1. The molecule has 0 radical (unpaired) electrons. The second-order valence-corrected chi connectivity index (χ2v) is 6.21. The lowest BCUT2D eigenvalue weighted by Crippen LogP contribution is -2.07. The molecule has 3 aromatic rings. The number of carbonyl (C=O) groups excluding carboxylic acids is 1. The van der Waals surface area contributed by atoms with E-state index >= 15 is 0 Å². The predicted octanol–water partition coefficient (Wildman–Crippen LogP) is 4.65. The van der Waals surface area contributed by atoms with Gasteiger partial charge in [0.15, 0.2) is 0 Å². The minimum absolute atomic E-state index is 0.319. The maximum absolute atomic E-state index is 12.8. The van der Waals surface area contributed by atoms with Crippen LogP contribution in [-0.4, -0.2) is 16.1 Å². The minimum Gasteiger partial charge on any atom is -0.297 e. The number of hydrogen-bond acceptors (Lipinski definition) is 4. The van der Waals surface area contributed by atoms with E-state index in [9.17, 15) is 9.18 Å². The minimum atomic E-state index is -0.335. The van der Waals surface area contributed by atoms with Crippen molar-refractivity contribution >= 4 is 40.1 Å². The van der Waals surface area contributed by atoms with E-state index in [2.05, 4.69) is 15.5 Å². The van der Waals surface area contributed by atoms with Crippen LogP contribution in [0.5, 0.6) is 0 Å². The molecule has 7 heteroatoms. The number of rotatable bonds is 4. The van der Waals surface area contributed by atoms with Crippen molar-refractivity contribution in [2.45, 2.75) is 0 Å². The van der Waals surface area contributed by atoms with Crippen LogP contribution in [-0.2, 0) is 4.79 Å². The van der Waals surface area contributed by atoms with Gasteiger partial charge in [0, 0.05) is 16.7 Å². The molecule has 0 spiro atoms. The summed E-state index contributed by atoms with van der Waals surface area (Å²) in [6.07, 6.45) is 2.95. The van der Waals surface area contributed by atoms with Gasteiger partial charge in [0.25, 0.3) is 0 Å². The van der Waals surface area contributed by atoms with Crippen molar-refractivity contribution in [1.29, 1.82) is 0 Å². The van der Waals surface area contributed by atoms with E-state index < -0.39 is 0 Å². The van der Waals surface area contributed by atoms with Crippen LogP contribution < -0.4 is 5.32 Å². The Bertz CT molecular complexity index is 876. The van der Waals surface area contributed by atoms with Crippen LogP contribution in [0.2, 0.25) is 5.02 Å². The molecule has 0 atom stereocenters. The van der Waals surface area contributed by atoms with E-state index in [1.807, 2.05) is 12.1 Å². The molecule has 1 amide bonds. The number of carbonyl (C=O) groups is 1. The third-order valence-electron chi connectivity index (χ3n) is 3.04. The number of aromatic nitrogens is 2. The summed E-state index contributed by atoms with van der Waals surface area (Å²) in [5.41, 5.74) is 1.60. The van der Waals surface area contributed by atoms with E-state index in [4.69, 9.17) is 11.6 Å². The Balaban J connectivity index is 1.64. The molecule has 1 heterocycles. The van der Waals surface area contributed by atoms with Crippen LogP contribution in [0.3, 0.4) is 0 Å². The molecule has 2 aromatic carbocycles. The Kier molecular flexibility index (Phi) is 4.98. The number of nitrogens with one attached hydrogen (secondary N) is 1. The first-order chi connectivity index (χ1) is 11.6. The van der Waals surface area contributed by atoms with Gasteiger partial charge in [-0.1, -0.05) is 47.2 Å². The molecule has 0 bridgehead atoms. The highest BCUT2D eigenvalue weighted by Crippen LogP contribution is 2.27. The van der Waals surface area contributed by atoms with Crippen molar-refractivity contribution in [2.75, 3.05) is 5.32 Å². The average molecular weight is 360 g/mol. The van der Waals surface area contributed by atoms with Crippen molar-refractivity contribution in [3.05, 3.63) is 71.0 Å². The Morgan fingerprint density at radius 2 is 1.79 bits per heavy atom. The average Bonchev–Trinajstić information content (AvgIpc) is 3.03. The molecule has 120 valence electrons. The SMILES string of the molecule is O=C(/C=C/c1ccc(F)cc1)Nc1nnc(-c2ccc(Cl)cc2)s1. The van der Waals surface area contributed by atoms with Gasteiger partial charge in [0.05, 0.1) is 0 Å². The van der Waals surface area contributed by atoms with Gasteiger partial charge in [0.1, 0.15) is 10.8 Å². The van der Waals surface area contributed by atoms with Crippen LogP contribution in [0.4, 0.5) is 9.52 Å². The van der Waals surface area contributed by atoms with Gasteiger partial charge in [0.2, 0.25) is 11.0 Å². The van der Waals surface area contributed by atoms with Crippen LogP contribution in [0.15, 0.2) is 54.6 Å². The predicted molar refractivity (Wildman–Crippen MR) is 94.4 cm³/mol. The van der Waals surface area contributed by atoms with Crippen LogP contribution in [0.25, 0.3) is 16.6 Å². The molecule has 24 heavy (non-hydrogen) atoms. The molecular weight excluding hydrogens is 349 g/mol. The largest absolute Gasteiger partial charge is 0.297 e. The molecule has 4 nitrogen and oxygen atoms in total. The Morgan fingerprint density at radius 3 is 2.50 bits per heavy atom. The Hall–Kier alpha value is -2.57. The van der Waals surface area contributed by atoms with E-state index in [0.717, 1.165) is 11.1 Å². The van der Waals surface area contributed by atoms with Gasteiger partial charge in [-0.15, -0.1) is 10.2 Å². The second kappa shape index (κ2) is 7.33. The molecule has 0 unspecified atom stereocenters. The summed E-state index contributed by atoms with van der Waals surface area (Å²) in [5.74, 6) is -0.654. The first-order valence-electron chi connectivity index (χ1n) is 6.94. The van der Waals surface area contributed by atoms with Gasteiger partial charge in [-0.25, -0.2) is 4.39 Å². The zero-order chi connectivity index (χ0) is 16.9. The fourth-order valence-electron chi connectivity index (χ4n) is 1.88. The molecular formula is C17H11ClFN3OS. The molecule has 0 aliphatic heterocycles. The Morgan fingerprint density at radius 1 is 1.08 bits per heavy atom. The third kappa shape index (κ3) is 4.24. The molecule has 1 aromatic heterocycles. The fourth-order valence-corrected chi connectivity index (χ4v) is 2.75. The summed E-state index contributed by atoms with van der Waals surface area (Å²) >= 11 is 7.11. The lowest BCUT2D eigenvalue weighted by Gasteiger charge is -1.96. The lowest BCUT2D eigenvalue weighted by molar-refractivity contribution is -0.111. The summed E-state index contributed by atoms with van der Waals surface area (Å²) in [4.78, 5) is 11.9.